The number of rotatable bonds is 4. The molecule has 1 N–H and O–H groups in total. The standard InChI is InChI=1S/C14H30N2/c1-7-12-9-15-13(11(3)4)10-16(12)14(5,6)8-2/h11-13,15H,7-10H2,1-6H3. The van der Waals surface area contributed by atoms with Crippen molar-refractivity contribution in [2.45, 2.75) is 72.0 Å². The maximum atomic E-state index is 3.70. The molecular weight excluding hydrogens is 196 g/mol. The molecule has 1 rings (SSSR count). The van der Waals surface area contributed by atoms with Crippen LogP contribution in [0.4, 0.5) is 0 Å². The molecule has 0 bridgehead atoms. The van der Waals surface area contributed by atoms with E-state index in [1.807, 2.05) is 0 Å². The fourth-order valence-electron chi connectivity index (χ4n) is 2.58. The molecule has 2 nitrogen and oxygen atoms in total. The Morgan fingerprint density at radius 2 is 1.94 bits per heavy atom. The highest BCUT2D eigenvalue weighted by Gasteiger charge is 2.36. The normalized spacial score (nSPS) is 28.7. The molecule has 0 radical (unpaired) electrons. The first-order valence-electron chi connectivity index (χ1n) is 6.92. The summed E-state index contributed by atoms with van der Waals surface area (Å²) in [6, 6.07) is 1.37. The third-order valence-corrected chi connectivity index (χ3v) is 4.37. The molecule has 1 saturated heterocycles. The molecule has 2 heteroatoms. The van der Waals surface area contributed by atoms with Crippen molar-refractivity contribution in [3.63, 3.8) is 0 Å². The van der Waals surface area contributed by atoms with Crippen LogP contribution < -0.4 is 5.32 Å². The zero-order valence-electron chi connectivity index (χ0n) is 12.0. The number of piperazine rings is 1. The Labute approximate surface area is 102 Å². The highest BCUT2D eigenvalue weighted by atomic mass is 15.3. The molecule has 96 valence electrons. The van der Waals surface area contributed by atoms with E-state index in [2.05, 4.69) is 51.8 Å². The summed E-state index contributed by atoms with van der Waals surface area (Å²) in [4.78, 5) is 2.73. The number of nitrogens with zero attached hydrogens (tertiary/aromatic N) is 1. The van der Waals surface area contributed by atoms with E-state index in [9.17, 15) is 0 Å². The van der Waals surface area contributed by atoms with Crippen LogP contribution in [0.25, 0.3) is 0 Å². The Kier molecular flexibility index (Phi) is 4.81. The van der Waals surface area contributed by atoms with Crippen LogP contribution in [0.3, 0.4) is 0 Å². The van der Waals surface area contributed by atoms with E-state index in [0.29, 0.717) is 17.6 Å². The average molecular weight is 226 g/mol. The van der Waals surface area contributed by atoms with Crippen molar-refractivity contribution in [2.24, 2.45) is 5.92 Å². The average Bonchev–Trinajstić information content (AvgIpc) is 2.28. The molecule has 1 fully saturated rings. The molecule has 16 heavy (non-hydrogen) atoms. The van der Waals surface area contributed by atoms with E-state index in [1.54, 1.807) is 0 Å². The van der Waals surface area contributed by atoms with Crippen LogP contribution in [0.2, 0.25) is 0 Å². The van der Waals surface area contributed by atoms with Crippen molar-refractivity contribution in [3.8, 4) is 0 Å². The minimum Gasteiger partial charge on any atom is -0.311 e. The SMILES string of the molecule is CCC1CNC(C(C)C)CN1C(C)(C)CC. The van der Waals surface area contributed by atoms with Gasteiger partial charge < -0.3 is 5.32 Å². The summed E-state index contributed by atoms with van der Waals surface area (Å²) in [6.45, 7) is 16.4. The highest BCUT2D eigenvalue weighted by Crippen LogP contribution is 2.26. The molecule has 0 aliphatic carbocycles. The van der Waals surface area contributed by atoms with E-state index in [4.69, 9.17) is 0 Å². The zero-order valence-corrected chi connectivity index (χ0v) is 12.0. The van der Waals surface area contributed by atoms with Crippen LogP contribution in [-0.4, -0.2) is 35.6 Å². The van der Waals surface area contributed by atoms with Crippen LogP contribution >= 0.6 is 0 Å². The maximum absolute atomic E-state index is 3.70. The minimum atomic E-state index is 0.343. The number of hydrogen-bond donors (Lipinski definition) is 1. The highest BCUT2D eigenvalue weighted by molar-refractivity contribution is 4.94. The van der Waals surface area contributed by atoms with Gasteiger partial charge in [-0.2, -0.15) is 0 Å². The van der Waals surface area contributed by atoms with Gasteiger partial charge >= 0.3 is 0 Å². The van der Waals surface area contributed by atoms with Crippen molar-refractivity contribution >= 4 is 0 Å². The maximum Gasteiger partial charge on any atom is 0.0224 e. The van der Waals surface area contributed by atoms with Gasteiger partial charge in [-0.1, -0.05) is 27.7 Å². The van der Waals surface area contributed by atoms with Gasteiger partial charge in [-0.15, -0.1) is 0 Å². The van der Waals surface area contributed by atoms with Gasteiger partial charge in [0.2, 0.25) is 0 Å². The third kappa shape index (κ3) is 2.98. The first kappa shape index (κ1) is 14.0. The van der Waals surface area contributed by atoms with Crippen molar-refractivity contribution in [1.82, 2.24) is 10.2 Å². The second-order valence-electron chi connectivity index (χ2n) is 6.14. The van der Waals surface area contributed by atoms with Crippen molar-refractivity contribution in [2.75, 3.05) is 13.1 Å². The van der Waals surface area contributed by atoms with Crippen molar-refractivity contribution < 1.29 is 0 Å². The Bertz CT molecular complexity index is 211. The Morgan fingerprint density at radius 3 is 2.38 bits per heavy atom. The summed E-state index contributed by atoms with van der Waals surface area (Å²) in [5.74, 6) is 0.730. The van der Waals surface area contributed by atoms with Gasteiger partial charge in [-0.05, 0) is 32.6 Å². The fraction of sp³-hybridized carbons (Fsp3) is 1.00. The molecule has 0 spiro atoms. The lowest BCUT2D eigenvalue weighted by Gasteiger charge is -2.49. The molecule has 0 saturated carbocycles. The molecule has 1 heterocycles. The first-order valence-corrected chi connectivity index (χ1v) is 6.92. The van der Waals surface area contributed by atoms with E-state index < -0.39 is 0 Å². The van der Waals surface area contributed by atoms with Crippen LogP contribution in [0, 0.1) is 5.92 Å². The summed E-state index contributed by atoms with van der Waals surface area (Å²) in [7, 11) is 0. The molecule has 0 amide bonds. The van der Waals surface area contributed by atoms with E-state index in [1.165, 1.54) is 19.4 Å². The van der Waals surface area contributed by atoms with Crippen LogP contribution in [-0.2, 0) is 0 Å². The molecule has 2 unspecified atom stereocenters. The van der Waals surface area contributed by atoms with Gasteiger partial charge in [0.05, 0.1) is 0 Å². The number of hydrogen-bond acceptors (Lipinski definition) is 2. The lowest BCUT2D eigenvalue weighted by Crippen LogP contribution is -2.63. The third-order valence-electron chi connectivity index (χ3n) is 4.37. The van der Waals surface area contributed by atoms with Gasteiger partial charge in [0.15, 0.2) is 0 Å². The molecule has 1 aliphatic heterocycles. The fourth-order valence-corrected chi connectivity index (χ4v) is 2.58. The Balaban J connectivity index is 2.75. The number of nitrogens with one attached hydrogen (secondary N) is 1. The second kappa shape index (κ2) is 5.50. The van der Waals surface area contributed by atoms with Crippen molar-refractivity contribution in [1.29, 1.82) is 0 Å². The van der Waals surface area contributed by atoms with Gasteiger partial charge in [-0.3, -0.25) is 4.90 Å². The molecule has 2 atom stereocenters. The quantitative estimate of drug-likeness (QED) is 0.793. The molecule has 0 aromatic heterocycles. The zero-order chi connectivity index (χ0) is 12.3. The van der Waals surface area contributed by atoms with Gasteiger partial charge in [0.1, 0.15) is 0 Å². The van der Waals surface area contributed by atoms with Gasteiger partial charge in [0.25, 0.3) is 0 Å². The molecule has 0 aromatic rings. The first-order chi connectivity index (χ1) is 7.42. The molecule has 1 aliphatic rings. The topological polar surface area (TPSA) is 15.3 Å². The van der Waals surface area contributed by atoms with Crippen LogP contribution in [0.1, 0.15) is 54.4 Å². The predicted molar refractivity (Wildman–Crippen MR) is 71.8 cm³/mol. The molecular formula is C14H30N2. The van der Waals surface area contributed by atoms with Gasteiger partial charge in [0, 0.05) is 30.7 Å². The smallest absolute Gasteiger partial charge is 0.0224 e. The minimum absolute atomic E-state index is 0.343. The Hall–Kier alpha value is -0.0800. The summed E-state index contributed by atoms with van der Waals surface area (Å²) >= 11 is 0. The van der Waals surface area contributed by atoms with Crippen LogP contribution in [0.5, 0.6) is 0 Å². The van der Waals surface area contributed by atoms with Crippen molar-refractivity contribution in [3.05, 3.63) is 0 Å². The predicted octanol–water partition coefficient (Wildman–Crippen LogP) is 2.88. The monoisotopic (exact) mass is 226 g/mol. The lowest BCUT2D eigenvalue weighted by molar-refractivity contribution is 0.0182. The molecule has 0 aromatic carbocycles. The summed E-state index contributed by atoms with van der Waals surface area (Å²) in [5.41, 5.74) is 0.343. The van der Waals surface area contributed by atoms with Crippen LogP contribution in [0.15, 0.2) is 0 Å². The largest absolute Gasteiger partial charge is 0.311 e. The summed E-state index contributed by atoms with van der Waals surface area (Å²) in [5, 5.41) is 3.70. The lowest BCUT2D eigenvalue weighted by atomic mass is 9.90. The van der Waals surface area contributed by atoms with Gasteiger partial charge in [-0.25, -0.2) is 0 Å². The second-order valence-corrected chi connectivity index (χ2v) is 6.14. The van der Waals surface area contributed by atoms with E-state index >= 15 is 0 Å². The summed E-state index contributed by atoms with van der Waals surface area (Å²) < 4.78 is 0. The Morgan fingerprint density at radius 1 is 1.31 bits per heavy atom. The van der Waals surface area contributed by atoms with E-state index in [0.717, 1.165) is 12.5 Å². The summed E-state index contributed by atoms with van der Waals surface area (Å²) in [6.07, 6.45) is 2.48. The van der Waals surface area contributed by atoms with E-state index in [-0.39, 0.29) is 0 Å².